The van der Waals surface area contributed by atoms with Gasteiger partial charge in [0.2, 0.25) is 5.95 Å². The summed E-state index contributed by atoms with van der Waals surface area (Å²) in [5, 5.41) is 0. The lowest BCUT2D eigenvalue weighted by molar-refractivity contribution is -0.274. The first-order valence-corrected chi connectivity index (χ1v) is 5.95. The van der Waals surface area contributed by atoms with Crippen LogP contribution >= 0.6 is 0 Å². The van der Waals surface area contributed by atoms with Crippen molar-refractivity contribution in [1.29, 1.82) is 0 Å². The Balaban J connectivity index is 2.21. The maximum atomic E-state index is 12.1. The smallest absolute Gasteiger partial charge is 0.406 e. The zero-order valence-corrected chi connectivity index (χ0v) is 11.3. The van der Waals surface area contributed by atoms with Gasteiger partial charge in [-0.15, -0.1) is 13.2 Å². The summed E-state index contributed by atoms with van der Waals surface area (Å²) in [6.45, 7) is 1.77. The lowest BCUT2D eigenvalue weighted by atomic mass is 10.2. The average molecular weight is 298 g/mol. The molecule has 2 N–H and O–H groups in total. The number of nitrogen functional groups attached to an aromatic ring is 1. The number of nitrogens with two attached hydrogens (primary N) is 1. The lowest BCUT2D eigenvalue weighted by Gasteiger charge is -2.19. The van der Waals surface area contributed by atoms with E-state index in [0.717, 1.165) is 0 Å². The molecule has 0 unspecified atom stereocenters. The SMILES string of the molecule is Cc1cc(N(C)c2ccc(OC(F)(F)F)cc2)nc(N)n1. The Bertz CT molecular complexity index is 608. The van der Waals surface area contributed by atoms with Crippen molar-refractivity contribution in [2.24, 2.45) is 0 Å². The van der Waals surface area contributed by atoms with E-state index >= 15 is 0 Å². The summed E-state index contributed by atoms with van der Waals surface area (Å²) in [5.41, 5.74) is 6.91. The summed E-state index contributed by atoms with van der Waals surface area (Å²) >= 11 is 0. The Morgan fingerprint density at radius 3 is 2.29 bits per heavy atom. The van der Waals surface area contributed by atoms with Crippen molar-refractivity contribution < 1.29 is 17.9 Å². The van der Waals surface area contributed by atoms with Gasteiger partial charge in [0, 0.05) is 24.5 Å². The van der Waals surface area contributed by atoms with Crippen LogP contribution in [0.2, 0.25) is 0 Å². The molecule has 0 saturated heterocycles. The van der Waals surface area contributed by atoms with Crippen molar-refractivity contribution in [3.05, 3.63) is 36.0 Å². The summed E-state index contributed by atoms with van der Waals surface area (Å²) in [7, 11) is 1.72. The van der Waals surface area contributed by atoms with Crippen LogP contribution in [0.15, 0.2) is 30.3 Å². The molecule has 0 spiro atoms. The normalized spacial score (nSPS) is 11.3. The first-order chi connectivity index (χ1) is 9.74. The van der Waals surface area contributed by atoms with Gasteiger partial charge in [-0.25, -0.2) is 4.98 Å². The molecule has 0 fully saturated rings. The van der Waals surface area contributed by atoms with E-state index in [2.05, 4.69) is 14.7 Å². The number of alkyl halides is 3. The molecule has 21 heavy (non-hydrogen) atoms. The summed E-state index contributed by atoms with van der Waals surface area (Å²) in [6, 6.07) is 7.17. The van der Waals surface area contributed by atoms with Gasteiger partial charge in [-0.2, -0.15) is 4.98 Å². The Labute approximate surface area is 119 Å². The molecule has 1 aromatic carbocycles. The van der Waals surface area contributed by atoms with Gasteiger partial charge in [0.25, 0.3) is 0 Å². The van der Waals surface area contributed by atoms with Crippen molar-refractivity contribution in [3.8, 4) is 5.75 Å². The number of halogens is 3. The number of aromatic nitrogens is 2. The van der Waals surface area contributed by atoms with Crippen molar-refractivity contribution in [3.63, 3.8) is 0 Å². The fourth-order valence-corrected chi connectivity index (χ4v) is 1.75. The quantitative estimate of drug-likeness (QED) is 0.943. The Hall–Kier alpha value is -2.51. The molecule has 8 heteroatoms. The second-order valence-corrected chi connectivity index (χ2v) is 4.33. The molecule has 0 bridgehead atoms. The number of hydrogen-bond acceptors (Lipinski definition) is 5. The third kappa shape index (κ3) is 3.98. The molecule has 1 aromatic heterocycles. The maximum Gasteiger partial charge on any atom is 0.573 e. The van der Waals surface area contributed by atoms with Gasteiger partial charge in [0.1, 0.15) is 11.6 Å². The largest absolute Gasteiger partial charge is 0.573 e. The first-order valence-electron chi connectivity index (χ1n) is 5.95. The van der Waals surface area contributed by atoms with Crippen molar-refractivity contribution in [2.75, 3.05) is 17.7 Å². The standard InChI is InChI=1S/C13H13F3N4O/c1-8-7-11(19-12(17)18-8)20(2)9-3-5-10(6-4-9)21-13(14,15)16/h3-7H,1-2H3,(H2,17,18,19). The topological polar surface area (TPSA) is 64.3 Å². The van der Waals surface area contributed by atoms with Crippen LogP contribution in [0.25, 0.3) is 0 Å². The maximum absolute atomic E-state index is 12.1. The van der Waals surface area contributed by atoms with Crippen LogP contribution in [-0.2, 0) is 0 Å². The molecule has 1 heterocycles. The van der Waals surface area contributed by atoms with Crippen molar-refractivity contribution >= 4 is 17.5 Å². The number of aryl methyl sites for hydroxylation is 1. The van der Waals surface area contributed by atoms with Crippen molar-refractivity contribution in [1.82, 2.24) is 9.97 Å². The second kappa shape index (κ2) is 5.47. The van der Waals surface area contributed by atoms with E-state index in [1.54, 1.807) is 24.9 Å². The Kier molecular flexibility index (Phi) is 3.88. The van der Waals surface area contributed by atoms with E-state index in [-0.39, 0.29) is 11.7 Å². The van der Waals surface area contributed by atoms with Crippen molar-refractivity contribution in [2.45, 2.75) is 13.3 Å². The average Bonchev–Trinajstić information content (AvgIpc) is 2.35. The number of anilines is 3. The van der Waals surface area contributed by atoms with Crippen LogP contribution in [0.3, 0.4) is 0 Å². The molecule has 0 saturated carbocycles. The summed E-state index contributed by atoms with van der Waals surface area (Å²) in [4.78, 5) is 9.72. The zero-order chi connectivity index (χ0) is 15.6. The third-order valence-electron chi connectivity index (χ3n) is 2.66. The highest BCUT2D eigenvalue weighted by Crippen LogP contribution is 2.27. The lowest BCUT2D eigenvalue weighted by Crippen LogP contribution is -2.17. The first kappa shape index (κ1) is 14.9. The van der Waals surface area contributed by atoms with Crippen LogP contribution < -0.4 is 15.4 Å². The fourth-order valence-electron chi connectivity index (χ4n) is 1.75. The molecule has 2 rings (SSSR count). The van der Waals surface area contributed by atoms with E-state index in [1.165, 1.54) is 24.3 Å². The number of benzene rings is 1. The van der Waals surface area contributed by atoms with Crippen LogP contribution in [-0.4, -0.2) is 23.4 Å². The minimum atomic E-state index is -4.70. The van der Waals surface area contributed by atoms with Crippen LogP contribution in [0.4, 0.5) is 30.6 Å². The monoisotopic (exact) mass is 298 g/mol. The van der Waals surface area contributed by atoms with E-state index in [9.17, 15) is 13.2 Å². The van der Waals surface area contributed by atoms with Gasteiger partial charge in [0.15, 0.2) is 0 Å². The molecular formula is C13H13F3N4O. The minimum absolute atomic E-state index is 0.133. The van der Waals surface area contributed by atoms with E-state index < -0.39 is 6.36 Å². The van der Waals surface area contributed by atoms with E-state index in [4.69, 9.17) is 5.73 Å². The highest BCUT2D eigenvalue weighted by molar-refractivity contribution is 5.60. The number of rotatable bonds is 3. The predicted octanol–water partition coefficient (Wildman–Crippen LogP) is 3.03. The van der Waals surface area contributed by atoms with Gasteiger partial charge >= 0.3 is 6.36 Å². The van der Waals surface area contributed by atoms with Gasteiger partial charge in [-0.3, -0.25) is 0 Å². The van der Waals surface area contributed by atoms with Crippen LogP contribution in [0.1, 0.15) is 5.69 Å². The highest BCUT2D eigenvalue weighted by Gasteiger charge is 2.31. The minimum Gasteiger partial charge on any atom is -0.406 e. The van der Waals surface area contributed by atoms with E-state index in [1.807, 2.05) is 0 Å². The third-order valence-corrected chi connectivity index (χ3v) is 2.66. The zero-order valence-electron chi connectivity index (χ0n) is 11.3. The predicted molar refractivity (Wildman–Crippen MR) is 72.4 cm³/mol. The molecule has 0 aliphatic heterocycles. The summed E-state index contributed by atoms with van der Waals surface area (Å²) in [6.07, 6.45) is -4.70. The summed E-state index contributed by atoms with van der Waals surface area (Å²) < 4.78 is 40.1. The molecule has 0 aliphatic rings. The van der Waals surface area contributed by atoms with Gasteiger partial charge in [-0.05, 0) is 31.2 Å². The fraction of sp³-hybridized carbons (Fsp3) is 0.231. The van der Waals surface area contributed by atoms with Gasteiger partial charge < -0.3 is 15.4 Å². The van der Waals surface area contributed by atoms with Gasteiger partial charge in [0.05, 0.1) is 0 Å². The second-order valence-electron chi connectivity index (χ2n) is 4.33. The summed E-state index contributed by atoms with van der Waals surface area (Å²) in [5.74, 6) is 0.399. The van der Waals surface area contributed by atoms with Crippen LogP contribution in [0, 0.1) is 6.92 Å². The number of hydrogen-bond donors (Lipinski definition) is 1. The van der Waals surface area contributed by atoms with E-state index in [0.29, 0.717) is 17.2 Å². The Morgan fingerprint density at radius 2 is 1.76 bits per heavy atom. The molecule has 5 nitrogen and oxygen atoms in total. The molecule has 0 amide bonds. The highest BCUT2D eigenvalue weighted by atomic mass is 19.4. The molecule has 0 aliphatic carbocycles. The molecule has 0 atom stereocenters. The number of ether oxygens (including phenoxy) is 1. The Morgan fingerprint density at radius 1 is 1.14 bits per heavy atom. The molecule has 2 aromatic rings. The molecular weight excluding hydrogens is 285 g/mol. The molecule has 112 valence electrons. The molecule has 0 radical (unpaired) electrons. The van der Waals surface area contributed by atoms with Gasteiger partial charge in [-0.1, -0.05) is 0 Å². The number of nitrogens with zero attached hydrogens (tertiary/aromatic N) is 3. The van der Waals surface area contributed by atoms with Crippen LogP contribution in [0.5, 0.6) is 5.75 Å².